The van der Waals surface area contributed by atoms with Crippen LogP contribution in [0.4, 0.5) is 0 Å². The summed E-state index contributed by atoms with van der Waals surface area (Å²) in [6.07, 6.45) is -5.02. The quantitative estimate of drug-likeness (QED) is 0.203. The van der Waals surface area contributed by atoms with Gasteiger partial charge in [0.25, 0.3) is 5.56 Å². The Morgan fingerprint density at radius 2 is 1.50 bits per heavy atom. The lowest BCUT2D eigenvalue weighted by atomic mass is 9.97. The van der Waals surface area contributed by atoms with Gasteiger partial charge in [0.2, 0.25) is 0 Å². The van der Waals surface area contributed by atoms with Gasteiger partial charge in [-0.25, -0.2) is 4.98 Å². The number of aryl methyl sites for hydroxylation is 1. The Morgan fingerprint density at radius 3 is 2.00 bits per heavy atom. The van der Waals surface area contributed by atoms with Crippen LogP contribution in [0.2, 0.25) is 0 Å². The number of rotatable bonds is 7. The molecule has 0 radical (unpaired) electrons. The Kier molecular flexibility index (Phi) is 9.64. The van der Waals surface area contributed by atoms with Crippen molar-refractivity contribution in [2.45, 2.75) is 70.4 Å². The number of carbonyl (C=O) groups is 4. The fraction of sp³-hybridized carbons (Fsp3) is 0.600. The van der Waals surface area contributed by atoms with E-state index in [0.717, 1.165) is 37.1 Å². The zero-order chi connectivity index (χ0) is 25.7. The van der Waals surface area contributed by atoms with Gasteiger partial charge < -0.3 is 23.7 Å². The third-order valence-electron chi connectivity index (χ3n) is 4.60. The zero-order valence-corrected chi connectivity index (χ0v) is 21.8. The Balaban J connectivity index is 2.75. The van der Waals surface area contributed by atoms with Crippen LogP contribution in [-0.2, 0) is 42.9 Å². The van der Waals surface area contributed by atoms with Gasteiger partial charge in [0.05, 0.1) is 5.69 Å². The highest BCUT2D eigenvalue weighted by molar-refractivity contribution is 9.10. The maximum atomic E-state index is 13.2. The number of hydrogen-bond donors (Lipinski definition) is 0. The molecule has 1 fully saturated rings. The standard InChI is InChI=1S/C20H25BrN2O10S/c1-8-14(21)18(28)23(20(22-8)34-6)19-17(32-12(5)27)16(31-11(4)26)15(30-10(3)25)13(33-19)7-29-9(2)24/h13,15-17,19H,7H2,1-6H3/t13-,15-,16+,17-,19-/m1/s1. The van der Waals surface area contributed by atoms with Gasteiger partial charge in [-0.2, -0.15) is 0 Å². The molecule has 2 rings (SSSR count). The second kappa shape index (κ2) is 11.8. The third kappa shape index (κ3) is 6.57. The van der Waals surface area contributed by atoms with Crippen LogP contribution < -0.4 is 5.56 Å². The van der Waals surface area contributed by atoms with Crippen LogP contribution in [0, 0.1) is 6.92 Å². The maximum absolute atomic E-state index is 13.2. The lowest BCUT2D eigenvalue weighted by molar-refractivity contribution is -0.270. The van der Waals surface area contributed by atoms with Crippen LogP contribution in [0.1, 0.15) is 39.6 Å². The van der Waals surface area contributed by atoms with Crippen molar-refractivity contribution in [3.63, 3.8) is 0 Å². The molecule has 1 aliphatic heterocycles. The van der Waals surface area contributed by atoms with Gasteiger partial charge in [-0.05, 0) is 29.1 Å². The molecule has 34 heavy (non-hydrogen) atoms. The average molecular weight is 565 g/mol. The van der Waals surface area contributed by atoms with Gasteiger partial charge in [-0.15, -0.1) is 0 Å². The van der Waals surface area contributed by atoms with Gasteiger partial charge in [0.1, 0.15) is 17.2 Å². The van der Waals surface area contributed by atoms with Gasteiger partial charge >= 0.3 is 23.9 Å². The van der Waals surface area contributed by atoms with Gasteiger partial charge in [-0.3, -0.25) is 28.5 Å². The van der Waals surface area contributed by atoms with Crippen molar-refractivity contribution in [3.8, 4) is 0 Å². The second-order valence-corrected chi connectivity index (χ2v) is 8.83. The SMILES string of the molecule is CSc1nc(C)c(Br)c(=O)n1[C@@H]1O[C@H](COC(C)=O)[C@@H](OC(C)=O)[C@H](OC(C)=O)[C@H]1OC(C)=O. The van der Waals surface area contributed by atoms with E-state index in [1.54, 1.807) is 13.2 Å². The summed E-state index contributed by atoms with van der Waals surface area (Å²) in [7, 11) is 0. The molecule has 188 valence electrons. The average Bonchev–Trinajstić information content (AvgIpc) is 2.72. The van der Waals surface area contributed by atoms with E-state index in [9.17, 15) is 24.0 Å². The van der Waals surface area contributed by atoms with Crippen molar-refractivity contribution in [1.29, 1.82) is 0 Å². The van der Waals surface area contributed by atoms with E-state index in [2.05, 4.69) is 20.9 Å². The molecule has 0 aromatic carbocycles. The summed E-state index contributed by atoms with van der Waals surface area (Å²) in [5, 5.41) is 0.214. The first kappa shape index (κ1) is 27.8. The summed E-state index contributed by atoms with van der Waals surface area (Å²) in [6.45, 7) is 5.75. The fourth-order valence-corrected chi connectivity index (χ4v) is 4.27. The minimum absolute atomic E-state index is 0.137. The predicted molar refractivity (Wildman–Crippen MR) is 120 cm³/mol. The van der Waals surface area contributed by atoms with Crippen molar-refractivity contribution in [1.82, 2.24) is 9.55 Å². The van der Waals surface area contributed by atoms with Crippen LogP contribution in [0.3, 0.4) is 0 Å². The van der Waals surface area contributed by atoms with Crippen LogP contribution in [-0.4, -0.2) is 70.7 Å². The number of ether oxygens (including phenoxy) is 5. The minimum Gasteiger partial charge on any atom is -0.463 e. The van der Waals surface area contributed by atoms with E-state index < -0.39 is 66.7 Å². The number of halogens is 1. The summed E-state index contributed by atoms with van der Waals surface area (Å²) < 4.78 is 28.5. The molecule has 0 spiro atoms. The first-order valence-electron chi connectivity index (χ1n) is 10.00. The number of thioether (sulfide) groups is 1. The molecule has 1 aromatic rings. The molecule has 5 atom stereocenters. The molecule has 2 heterocycles. The molecule has 0 unspecified atom stereocenters. The van der Waals surface area contributed by atoms with Crippen molar-refractivity contribution in [3.05, 3.63) is 20.5 Å². The summed E-state index contributed by atoms with van der Waals surface area (Å²) in [6, 6.07) is 0. The van der Waals surface area contributed by atoms with Gasteiger partial charge in [0.15, 0.2) is 29.7 Å². The summed E-state index contributed by atoms with van der Waals surface area (Å²) >= 11 is 4.33. The molecular weight excluding hydrogens is 540 g/mol. The fourth-order valence-electron chi connectivity index (χ4n) is 3.38. The summed E-state index contributed by atoms with van der Waals surface area (Å²) in [5.74, 6) is -2.93. The first-order valence-corrected chi connectivity index (χ1v) is 12.0. The molecule has 0 aliphatic carbocycles. The van der Waals surface area contributed by atoms with Crippen LogP contribution >= 0.6 is 27.7 Å². The smallest absolute Gasteiger partial charge is 0.303 e. The molecule has 14 heteroatoms. The van der Waals surface area contributed by atoms with E-state index >= 15 is 0 Å². The number of aromatic nitrogens is 2. The van der Waals surface area contributed by atoms with E-state index in [1.165, 1.54) is 6.92 Å². The van der Waals surface area contributed by atoms with Crippen LogP contribution in [0.15, 0.2) is 14.4 Å². The highest BCUT2D eigenvalue weighted by Gasteiger charge is 2.53. The van der Waals surface area contributed by atoms with Crippen molar-refractivity contribution in [2.75, 3.05) is 12.9 Å². The molecule has 12 nitrogen and oxygen atoms in total. The lowest BCUT2D eigenvalue weighted by Crippen LogP contribution is -2.61. The Hall–Kier alpha value is -2.45. The van der Waals surface area contributed by atoms with Gasteiger partial charge in [0, 0.05) is 27.7 Å². The predicted octanol–water partition coefficient (Wildman–Crippen LogP) is 1.29. The van der Waals surface area contributed by atoms with Crippen LogP contribution in [0.5, 0.6) is 0 Å². The Morgan fingerprint density at radius 1 is 0.971 bits per heavy atom. The Bertz CT molecular complexity index is 1030. The highest BCUT2D eigenvalue weighted by atomic mass is 79.9. The van der Waals surface area contributed by atoms with Crippen molar-refractivity contribution >= 4 is 51.6 Å². The van der Waals surface area contributed by atoms with Crippen molar-refractivity contribution in [2.24, 2.45) is 0 Å². The maximum Gasteiger partial charge on any atom is 0.303 e. The van der Waals surface area contributed by atoms with Gasteiger partial charge in [-0.1, -0.05) is 11.8 Å². The largest absolute Gasteiger partial charge is 0.463 e. The van der Waals surface area contributed by atoms with E-state index in [4.69, 9.17) is 23.7 Å². The second-order valence-electron chi connectivity index (χ2n) is 7.26. The molecule has 1 aliphatic rings. The highest BCUT2D eigenvalue weighted by Crippen LogP contribution is 2.36. The number of hydrogen-bond acceptors (Lipinski definition) is 12. The lowest BCUT2D eigenvalue weighted by Gasteiger charge is -2.45. The minimum atomic E-state index is -1.42. The summed E-state index contributed by atoms with van der Waals surface area (Å²) in [4.78, 5) is 64.8. The molecule has 1 aromatic heterocycles. The van der Waals surface area contributed by atoms with Crippen LogP contribution in [0.25, 0.3) is 0 Å². The molecule has 0 bridgehead atoms. The topological polar surface area (TPSA) is 149 Å². The van der Waals surface area contributed by atoms with E-state index in [-0.39, 0.29) is 9.63 Å². The monoisotopic (exact) mass is 564 g/mol. The molecule has 1 saturated heterocycles. The molecule has 0 N–H and O–H groups in total. The number of esters is 4. The summed E-state index contributed by atoms with van der Waals surface area (Å²) in [5.41, 5.74) is -0.144. The molecular formula is C20H25BrN2O10S. The number of nitrogens with zero attached hydrogens (tertiary/aromatic N) is 2. The first-order chi connectivity index (χ1) is 15.9. The third-order valence-corrected chi connectivity index (χ3v) is 6.16. The molecule has 0 saturated carbocycles. The Labute approximate surface area is 207 Å². The molecule has 0 amide bonds. The normalized spacial score (nSPS) is 24.1. The zero-order valence-electron chi connectivity index (χ0n) is 19.4. The van der Waals surface area contributed by atoms with E-state index in [1.807, 2.05) is 0 Å². The number of carbonyl (C=O) groups excluding carboxylic acids is 4. The van der Waals surface area contributed by atoms with Crippen molar-refractivity contribution < 1.29 is 42.9 Å². The van der Waals surface area contributed by atoms with E-state index in [0.29, 0.717) is 5.69 Å².